The van der Waals surface area contributed by atoms with Crippen LogP contribution in [0.3, 0.4) is 0 Å². The number of aliphatic hydroxyl groups is 1. The maximum Gasteiger partial charge on any atom is 0.123 e. The van der Waals surface area contributed by atoms with E-state index in [1.807, 2.05) is 12.1 Å². The van der Waals surface area contributed by atoms with Crippen LogP contribution < -0.4 is 5.73 Å². The number of rotatable bonds is 4. The number of carbonyl (C=O) groups is 1. The van der Waals surface area contributed by atoms with Gasteiger partial charge in [-0.15, -0.1) is 0 Å². The van der Waals surface area contributed by atoms with E-state index >= 15 is 0 Å². The first-order valence-corrected chi connectivity index (χ1v) is 4.37. The lowest BCUT2D eigenvalue weighted by Crippen LogP contribution is -1.93. The number of carbonyl (C=O) groups excluding carboxylic acids is 1. The molecule has 0 aliphatic carbocycles. The number of nitrogens with two attached hydrogens (primary N) is 1. The Kier molecular flexibility index (Phi) is 3.88. The fraction of sp³-hybridized carbons (Fsp3) is 0.182. The Hall–Kier alpha value is -1.61. The van der Waals surface area contributed by atoms with Crippen LogP contribution in [0.15, 0.2) is 24.3 Å². The molecule has 0 unspecified atom stereocenters. The lowest BCUT2D eigenvalue weighted by Gasteiger charge is -2.02. The zero-order valence-corrected chi connectivity index (χ0v) is 7.81. The molecule has 0 saturated carbocycles. The quantitative estimate of drug-likeness (QED) is 0.558. The van der Waals surface area contributed by atoms with Crippen LogP contribution in [0.4, 0.5) is 5.69 Å². The van der Waals surface area contributed by atoms with Crippen molar-refractivity contribution in [2.24, 2.45) is 0 Å². The number of benzene rings is 1. The van der Waals surface area contributed by atoms with Crippen molar-refractivity contribution in [1.29, 1.82) is 0 Å². The molecule has 0 radical (unpaired) electrons. The summed E-state index contributed by atoms with van der Waals surface area (Å²) in [7, 11) is 0. The van der Waals surface area contributed by atoms with Crippen molar-refractivity contribution in [2.45, 2.75) is 13.0 Å². The minimum Gasteiger partial charge on any atom is -0.398 e. The largest absolute Gasteiger partial charge is 0.398 e. The maximum atomic E-state index is 10.1. The zero-order chi connectivity index (χ0) is 10.4. The van der Waals surface area contributed by atoms with Crippen LogP contribution in [0.25, 0.3) is 6.08 Å². The van der Waals surface area contributed by atoms with E-state index in [2.05, 4.69) is 0 Å². The zero-order valence-electron chi connectivity index (χ0n) is 7.81. The van der Waals surface area contributed by atoms with E-state index in [0.717, 1.165) is 11.8 Å². The van der Waals surface area contributed by atoms with E-state index in [4.69, 9.17) is 10.8 Å². The van der Waals surface area contributed by atoms with Crippen molar-refractivity contribution in [2.75, 3.05) is 5.73 Å². The Morgan fingerprint density at radius 3 is 2.86 bits per heavy atom. The molecule has 0 amide bonds. The van der Waals surface area contributed by atoms with Gasteiger partial charge in [-0.1, -0.05) is 18.2 Å². The first kappa shape index (κ1) is 10.5. The highest BCUT2D eigenvalue weighted by atomic mass is 16.3. The van der Waals surface area contributed by atoms with E-state index < -0.39 is 0 Å². The number of hydrogen-bond donors (Lipinski definition) is 2. The lowest BCUT2D eigenvalue weighted by atomic mass is 10.1. The molecule has 1 aromatic carbocycles. The number of nitrogen functional groups attached to an aromatic ring is 1. The normalized spacial score (nSPS) is 10.6. The standard InChI is InChI=1S/C11H13NO2/c12-11-5-4-9(3-1-2-6-13)7-10(11)8-14/h1,3-7,14H,2,8,12H2. The molecule has 1 aromatic rings. The molecule has 0 bridgehead atoms. The summed E-state index contributed by atoms with van der Waals surface area (Å²) in [5, 5.41) is 8.95. The van der Waals surface area contributed by atoms with E-state index in [1.54, 1.807) is 18.2 Å². The molecule has 0 heterocycles. The van der Waals surface area contributed by atoms with E-state index in [1.165, 1.54) is 0 Å². The molecule has 1 rings (SSSR count). The second-order valence-corrected chi connectivity index (χ2v) is 2.92. The van der Waals surface area contributed by atoms with Gasteiger partial charge >= 0.3 is 0 Å². The Labute approximate surface area is 82.9 Å². The van der Waals surface area contributed by atoms with Crippen LogP contribution in [0, 0.1) is 0 Å². The van der Waals surface area contributed by atoms with Gasteiger partial charge in [0.1, 0.15) is 6.29 Å². The first-order valence-electron chi connectivity index (χ1n) is 4.37. The van der Waals surface area contributed by atoms with Crippen molar-refractivity contribution < 1.29 is 9.90 Å². The van der Waals surface area contributed by atoms with Crippen LogP contribution in [0.1, 0.15) is 17.5 Å². The van der Waals surface area contributed by atoms with Crippen molar-refractivity contribution >= 4 is 18.0 Å². The molecule has 0 aliphatic heterocycles. The lowest BCUT2D eigenvalue weighted by molar-refractivity contribution is -0.107. The highest BCUT2D eigenvalue weighted by Gasteiger charge is 1.97. The number of aldehydes is 1. The van der Waals surface area contributed by atoms with Crippen molar-refractivity contribution in [3.63, 3.8) is 0 Å². The van der Waals surface area contributed by atoms with Crippen LogP contribution in [0.2, 0.25) is 0 Å². The molecule has 0 spiro atoms. The van der Waals surface area contributed by atoms with Gasteiger partial charge in [-0.3, -0.25) is 0 Å². The van der Waals surface area contributed by atoms with Crippen LogP contribution in [0.5, 0.6) is 0 Å². The predicted molar refractivity (Wildman–Crippen MR) is 56.5 cm³/mol. The third-order valence-corrected chi connectivity index (χ3v) is 1.88. The number of aliphatic hydroxyl groups excluding tert-OH is 1. The van der Waals surface area contributed by atoms with Gasteiger partial charge in [0.2, 0.25) is 0 Å². The van der Waals surface area contributed by atoms with Gasteiger partial charge in [0, 0.05) is 17.7 Å². The molecular formula is C11H13NO2. The molecule has 3 nitrogen and oxygen atoms in total. The van der Waals surface area contributed by atoms with Gasteiger partial charge in [-0.25, -0.2) is 0 Å². The van der Waals surface area contributed by atoms with Gasteiger partial charge < -0.3 is 15.6 Å². The average molecular weight is 191 g/mol. The summed E-state index contributed by atoms with van der Waals surface area (Å²) in [6, 6.07) is 5.39. The van der Waals surface area contributed by atoms with Crippen LogP contribution >= 0.6 is 0 Å². The highest BCUT2D eigenvalue weighted by Crippen LogP contribution is 2.15. The Morgan fingerprint density at radius 2 is 2.21 bits per heavy atom. The van der Waals surface area contributed by atoms with Gasteiger partial charge in [-0.05, 0) is 17.7 Å². The van der Waals surface area contributed by atoms with E-state index in [-0.39, 0.29) is 6.61 Å². The van der Waals surface area contributed by atoms with Gasteiger partial charge in [0.05, 0.1) is 6.61 Å². The van der Waals surface area contributed by atoms with Crippen LogP contribution in [-0.2, 0) is 11.4 Å². The summed E-state index contributed by atoms with van der Waals surface area (Å²) in [6.07, 6.45) is 4.83. The summed E-state index contributed by atoms with van der Waals surface area (Å²) in [5.74, 6) is 0. The summed E-state index contributed by atoms with van der Waals surface area (Å²) < 4.78 is 0. The van der Waals surface area contributed by atoms with Crippen molar-refractivity contribution in [1.82, 2.24) is 0 Å². The third kappa shape index (κ3) is 2.71. The predicted octanol–water partition coefficient (Wildman–Crippen LogP) is 1.36. The molecule has 3 N–H and O–H groups in total. The summed E-state index contributed by atoms with van der Waals surface area (Å²) >= 11 is 0. The second-order valence-electron chi connectivity index (χ2n) is 2.92. The molecule has 0 aromatic heterocycles. The average Bonchev–Trinajstić information content (AvgIpc) is 2.21. The smallest absolute Gasteiger partial charge is 0.123 e. The summed E-state index contributed by atoms with van der Waals surface area (Å²) in [5.41, 5.74) is 7.84. The number of anilines is 1. The van der Waals surface area contributed by atoms with E-state index in [9.17, 15) is 4.79 Å². The van der Waals surface area contributed by atoms with Crippen molar-refractivity contribution in [3.8, 4) is 0 Å². The van der Waals surface area contributed by atoms with Gasteiger partial charge in [0.15, 0.2) is 0 Å². The van der Waals surface area contributed by atoms with E-state index in [0.29, 0.717) is 17.7 Å². The monoisotopic (exact) mass is 191 g/mol. The second kappa shape index (κ2) is 5.19. The molecule has 0 fully saturated rings. The fourth-order valence-corrected chi connectivity index (χ4v) is 1.13. The molecule has 0 atom stereocenters. The topological polar surface area (TPSA) is 63.3 Å². The molecular weight excluding hydrogens is 178 g/mol. The highest BCUT2D eigenvalue weighted by molar-refractivity contribution is 5.60. The Balaban J connectivity index is 2.83. The SMILES string of the molecule is Nc1ccc(C=CCC=O)cc1CO. The molecule has 0 aliphatic rings. The minimum atomic E-state index is -0.0683. The molecule has 14 heavy (non-hydrogen) atoms. The number of hydrogen-bond acceptors (Lipinski definition) is 3. The maximum absolute atomic E-state index is 10.1. The Morgan fingerprint density at radius 1 is 1.43 bits per heavy atom. The molecule has 74 valence electrons. The van der Waals surface area contributed by atoms with Crippen LogP contribution in [-0.4, -0.2) is 11.4 Å². The summed E-state index contributed by atoms with van der Waals surface area (Å²) in [6.45, 7) is -0.0683. The third-order valence-electron chi connectivity index (χ3n) is 1.88. The van der Waals surface area contributed by atoms with Gasteiger partial charge in [-0.2, -0.15) is 0 Å². The Bertz CT molecular complexity index is 345. The van der Waals surface area contributed by atoms with Gasteiger partial charge in [0.25, 0.3) is 0 Å². The number of allylic oxidation sites excluding steroid dienone is 1. The molecule has 0 saturated heterocycles. The minimum absolute atomic E-state index is 0.0683. The first-order chi connectivity index (χ1) is 6.77. The fourth-order valence-electron chi connectivity index (χ4n) is 1.13. The van der Waals surface area contributed by atoms with Crippen molar-refractivity contribution in [3.05, 3.63) is 35.4 Å². The summed E-state index contributed by atoms with van der Waals surface area (Å²) in [4.78, 5) is 10.1. The molecule has 3 heteroatoms.